The quantitative estimate of drug-likeness (QED) is 0.558. The summed E-state index contributed by atoms with van der Waals surface area (Å²) in [6.07, 6.45) is 2.09. The van der Waals surface area contributed by atoms with Crippen molar-refractivity contribution in [3.8, 4) is 11.5 Å². The second kappa shape index (κ2) is 6.04. The SMILES string of the molecule is CN(CC(=O)c1ccc(O)c(O)c1)C1CCNCC1. The van der Waals surface area contributed by atoms with Gasteiger partial charge in [0.2, 0.25) is 0 Å². The number of likely N-dealkylation sites (N-methyl/N-ethyl adjacent to an activating group) is 1. The summed E-state index contributed by atoms with van der Waals surface area (Å²) in [5.41, 5.74) is 0.427. The largest absolute Gasteiger partial charge is 0.504 e. The predicted molar refractivity (Wildman–Crippen MR) is 72.6 cm³/mol. The number of Topliss-reactive ketones (excluding diaryl/α,β-unsaturated/α-hetero) is 1. The Labute approximate surface area is 112 Å². The molecule has 1 aromatic rings. The van der Waals surface area contributed by atoms with Crippen molar-refractivity contribution in [3.63, 3.8) is 0 Å². The molecule has 1 aliphatic heterocycles. The van der Waals surface area contributed by atoms with Crippen molar-refractivity contribution in [3.05, 3.63) is 23.8 Å². The monoisotopic (exact) mass is 264 g/mol. The summed E-state index contributed by atoms with van der Waals surface area (Å²) in [7, 11) is 1.95. The van der Waals surface area contributed by atoms with E-state index in [1.165, 1.54) is 18.2 Å². The van der Waals surface area contributed by atoms with Gasteiger partial charge >= 0.3 is 0 Å². The molecule has 3 N–H and O–H groups in total. The van der Waals surface area contributed by atoms with Crippen LogP contribution in [0.5, 0.6) is 11.5 Å². The van der Waals surface area contributed by atoms with Gasteiger partial charge in [-0.15, -0.1) is 0 Å². The zero-order valence-electron chi connectivity index (χ0n) is 11.1. The number of rotatable bonds is 4. The molecule has 0 bridgehead atoms. The molecule has 104 valence electrons. The molecule has 0 aromatic heterocycles. The summed E-state index contributed by atoms with van der Waals surface area (Å²) in [6.45, 7) is 2.31. The van der Waals surface area contributed by atoms with Crippen molar-refractivity contribution in [1.82, 2.24) is 10.2 Å². The minimum atomic E-state index is -0.254. The third kappa shape index (κ3) is 3.45. The van der Waals surface area contributed by atoms with Crippen LogP contribution in [0.15, 0.2) is 18.2 Å². The van der Waals surface area contributed by atoms with Crippen LogP contribution in [0.3, 0.4) is 0 Å². The zero-order chi connectivity index (χ0) is 13.8. The number of carbonyl (C=O) groups excluding carboxylic acids is 1. The van der Waals surface area contributed by atoms with Gasteiger partial charge in [0.15, 0.2) is 17.3 Å². The second-order valence-electron chi connectivity index (χ2n) is 5.02. The highest BCUT2D eigenvalue weighted by molar-refractivity contribution is 5.98. The van der Waals surface area contributed by atoms with Gasteiger partial charge in [-0.2, -0.15) is 0 Å². The number of hydrogen-bond acceptors (Lipinski definition) is 5. The number of hydrogen-bond donors (Lipinski definition) is 3. The summed E-state index contributed by atoms with van der Waals surface area (Å²) in [4.78, 5) is 14.2. The lowest BCUT2D eigenvalue weighted by Gasteiger charge is -2.31. The molecular formula is C14H20N2O3. The minimum absolute atomic E-state index is 0.0451. The van der Waals surface area contributed by atoms with Gasteiger partial charge in [-0.05, 0) is 51.2 Å². The van der Waals surface area contributed by atoms with Crippen LogP contribution in [-0.4, -0.2) is 53.6 Å². The predicted octanol–water partition coefficient (Wildman–Crippen LogP) is 0.964. The Morgan fingerprint density at radius 1 is 1.32 bits per heavy atom. The van der Waals surface area contributed by atoms with Gasteiger partial charge in [-0.25, -0.2) is 0 Å². The first-order valence-corrected chi connectivity index (χ1v) is 6.54. The van der Waals surface area contributed by atoms with Gasteiger partial charge in [0, 0.05) is 11.6 Å². The van der Waals surface area contributed by atoms with Crippen molar-refractivity contribution in [2.45, 2.75) is 18.9 Å². The van der Waals surface area contributed by atoms with Gasteiger partial charge in [-0.1, -0.05) is 0 Å². The molecule has 0 aliphatic carbocycles. The van der Waals surface area contributed by atoms with Gasteiger partial charge in [0.1, 0.15) is 0 Å². The highest BCUT2D eigenvalue weighted by atomic mass is 16.3. The van der Waals surface area contributed by atoms with Crippen LogP contribution in [0.2, 0.25) is 0 Å². The van der Waals surface area contributed by atoms with Crippen LogP contribution in [-0.2, 0) is 0 Å². The van der Waals surface area contributed by atoms with Crippen LogP contribution in [0, 0.1) is 0 Å². The number of phenols is 2. The smallest absolute Gasteiger partial charge is 0.176 e. The number of nitrogens with one attached hydrogen (secondary N) is 1. The standard InChI is InChI=1S/C14H20N2O3/c1-16(11-4-6-15-7-5-11)9-14(19)10-2-3-12(17)13(18)8-10/h2-3,8,11,15,17-18H,4-7,9H2,1H3. The summed E-state index contributed by atoms with van der Waals surface area (Å²) in [5, 5.41) is 21.9. The van der Waals surface area contributed by atoms with Crippen molar-refractivity contribution in [2.24, 2.45) is 0 Å². The lowest BCUT2D eigenvalue weighted by molar-refractivity contribution is 0.0903. The number of aromatic hydroxyl groups is 2. The first-order valence-electron chi connectivity index (χ1n) is 6.54. The number of piperidine rings is 1. The maximum Gasteiger partial charge on any atom is 0.176 e. The summed E-state index contributed by atoms with van der Waals surface area (Å²) in [5.74, 6) is -0.505. The molecule has 19 heavy (non-hydrogen) atoms. The van der Waals surface area contributed by atoms with E-state index in [0.717, 1.165) is 25.9 Å². The fraction of sp³-hybridized carbons (Fsp3) is 0.500. The zero-order valence-corrected chi connectivity index (χ0v) is 11.1. The number of phenolic OH excluding ortho intramolecular Hbond substituents is 2. The molecule has 0 saturated carbocycles. The van der Waals surface area contributed by atoms with Crippen molar-refractivity contribution in [2.75, 3.05) is 26.7 Å². The highest BCUT2D eigenvalue weighted by Crippen LogP contribution is 2.25. The van der Waals surface area contributed by atoms with E-state index >= 15 is 0 Å². The lowest BCUT2D eigenvalue weighted by Crippen LogP contribution is -2.43. The first-order chi connectivity index (χ1) is 9.08. The highest BCUT2D eigenvalue weighted by Gasteiger charge is 2.20. The molecule has 1 fully saturated rings. The Morgan fingerprint density at radius 3 is 2.63 bits per heavy atom. The number of benzene rings is 1. The molecule has 2 rings (SSSR count). The lowest BCUT2D eigenvalue weighted by atomic mass is 10.0. The molecule has 5 heteroatoms. The Bertz CT molecular complexity index is 456. The molecule has 0 atom stereocenters. The van der Waals surface area contributed by atoms with Crippen LogP contribution >= 0.6 is 0 Å². The molecule has 1 aromatic carbocycles. The van der Waals surface area contributed by atoms with Crippen molar-refractivity contribution >= 4 is 5.78 Å². The Hall–Kier alpha value is -1.59. The third-order valence-electron chi connectivity index (χ3n) is 3.62. The van der Waals surface area contributed by atoms with E-state index in [0.29, 0.717) is 18.2 Å². The maximum atomic E-state index is 12.1. The summed E-state index contributed by atoms with van der Waals surface area (Å²) >= 11 is 0. The third-order valence-corrected chi connectivity index (χ3v) is 3.62. The van der Waals surface area contributed by atoms with Crippen LogP contribution < -0.4 is 5.32 Å². The van der Waals surface area contributed by atoms with Crippen LogP contribution in [0.1, 0.15) is 23.2 Å². The normalized spacial score (nSPS) is 16.7. The maximum absolute atomic E-state index is 12.1. The minimum Gasteiger partial charge on any atom is -0.504 e. The Kier molecular flexibility index (Phi) is 4.39. The van der Waals surface area contributed by atoms with Gasteiger partial charge in [0.05, 0.1) is 6.54 Å². The fourth-order valence-corrected chi connectivity index (χ4v) is 2.39. The fourth-order valence-electron chi connectivity index (χ4n) is 2.39. The second-order valence-corrected chi connectivity index (χ2v) is 5.02. The number of carbonyl (C=O) groups is 1. The summed E-state index contributed by atoms with van der Waals surface area (Å²) < 4.78 is 0. The van der Waals surface area contributed by atoms with E-state index < -0.39 is 0 Å². The van der Waals surface area contributed by atoms with Crippen LogP contribution in [0.25, 0.3) is 0 Å². The molecule has 1 saturated heterocycles. The average molecular weight is 264 g/mol. The molecule has 5 nitrogen and oxygen atoms in total. The van der Waals surface area contributed by atoms with E-state index in [9.17, 15) is 15.0 Å². The van der Waals surface area contributed by atoms with E-state index in [1.807, 2.05) is 7.05 Å². The molecule has 1 aliphatic rings. The number of ketones is 1. The topological polar surface area (TPSA) is 72.8 Å². The molecule has 0 amide bonds. The molecule has 0 unspecified atom stereocenters. The Morgan fingerprint density at radius 2 is 2.00 bits per heavy atom. The average Bonchev–Trinajstić information content (AvgIpc) is 2.42. The van der Waals surface area contributed by atoms with Gasteiger partial charge < -0.3 is 15.5 Å². The molecule has 0 spiro atoms. The van der Waals surface area contributed by atoms with E-state index in [-0.39, 0.29) is 17.3 Å². The Balaban J connectivity index is 1.97. The summed E-state index contributed by atoms with van der Waals surface area (Å²) in [6, 6.07) is 4.62. The van der Waals surface area contributed by atoms with Gasteiger partial charge in [0.25, 0.3) is 0 Å². The van der Waals surface area contributed by atoms with Crippen molar-refractivity contribution < 1.29 is 15.0 Å². The van der Waals surface area contributed by atoms with E-state index in [4.69, 9.17) is 0 Å². The molecular weight excluding hydrogens is 244 g/mol. The molecule has 1 heterocycles. The molecule has 0 radical (unpaired) electrons. The van der Waals surface area contributed by atoms with E-state index in [2.05, 4.69) is 10.2 Å². The van der Waals surface area contributed by atoms with Crippen LogP contribution in [0.4, 0.5) is 0 Å². The van der Waals surface area contributed by atoms with Crippen molar-refractivity contribution in [1.29, 1.82) is 0 Å². The first kappa shape index (κ1) is 13.8. The van der Waals surface area contributed by atoms with Gasteiger partial charge in [-0.3, -0.25) is 9.69 Å². The number of nitrogens with zero attached hydrogens (tertiary/aromatic N) is 1. The van der Waals surface area contributed by atoms with E-state index in [1.54, 1.807) is 0 Å².